The summed E-state index contributed by atoms with van der Waals surface area (Å²) in [5, 5.41) is 1.39. The molecule has 0 heterocycles. The quantitative estimate of drug-likeness (QED) is 0.637. The Kier molecular flexibility index (Phi) is 4.14. The number of aryl methyl sites for hydroxylation is 3. The number of rotatable bonds is 1. The first kappa shape index (κ1) is 13.2. The predicted octanol–water partition coefficient (Wildman–Crippen LogP) is 4.19. The summed E-state index contributed by atoms with van der Waals surface area (Å²) in [4.78, 5) is 0. The van der Waals surface area contributed by atoms with E-state index >= 15 is 0 Å². The van der Waals surface area contributed by atoms with E-state index in [2.05, 4.69) is 65.2 Å². The third-order valence-corrected chi connectivity index (χ3v) is 3.50. The molecular formula is C15H21P. The SMILES string of the molecule is Cc1cc(C)c(P=C=CC(C)(C)C)c(C)c1. The molecule has 0 aliphatic rings. The Morgan fingerprint density at radius 3 is 2.00 bits per heavy atom. The number of hydrogen-bond donors (Lipinski definition) is 0. The van der Waals surface area contributed by atoms with Crippen LogP contribution in [0.2, 0.25) is 0 Å². The molecule has 0 aliphatic carbocycles. The molecule has 0 unspecified atom stereocenters. The average molecular weight is 232 g/mol. The lowest BCUT2D eigenvalue weighted by Gasteiger charge is -2.09. The highest BCUT2D eigenvalue weighted by Crippen LogP contribution is 2.15. The van der Waals surface area contributed by atoms with E-state index in [-0.39, 0.29) is 5.41 Å². The van der Waals surface area contributed by atoms with Crippen LogP contribution in [0.4, 0.5) is 0 Å². The lowest BCUT2D eigenvalue weighted by Crippen LogP contribution is -2.04. The molecule has 0 amide bonds. The molecule has 0 N–H and O–H groups in total. The van der Waals surface area contributed by atoms with Gasteiger partial charge < -0.3 is 0 Å². The van der Waals surface area contributed by atoms with E-state index < -0.39 is 0 Å². The Balaban J connectivity index is 3.12. The molecule has 16 heavy (non-hydrogen) atoms. The summed E-state index contributed by atoms with van der Waals surface area (Å²) < 4.78 is 0. The number of allylic oxidation sites excluding steroid dienone is 1. The van der Waals surface area contributed by atoms with Crippen LogP contribution in [-0.4, -0.2) is 5.45 Å². The molecule has 0 atom stereocenters. The predicted molar refractivity (Wildman–Crippen MR) is 76.2 cm³/mol. The van der Waals surface area contributed by atoms with Crippen molar-refractivity contribution in [1.82, 2.24) is 0 Å². The van der Waals surface area contributed by atoms with E-state index in [9.17, 15) is 0 Å². The van der Waals surface area contributed by atoms with Gasteiger partial charge in [-0.2, -0.15) is 0 Å². The Morgan fingerprint density at radius 1 is 1.06 bits per heavy atom. The van der Waals surface area contributed by atoms with E-state index in [1.165, 1.54) is 30.2 Å². The van der Waals surface area contributed by atoms with Crippen molar-refractivity contribution in [2.45, 2.75) is 41.5 Å². The summed E-state index contributed by atoms with van der Waals surface area (Å²) in [7, 11) is 1.19. The number of hydrogen-bond acceptors (Lipinski definition) is 0. The van der Waals surface area contributed by atoms with Gasteiger partial charge in [0.1, 0.15) is 0 Å². The van der Waals surface area contributed by atoms with Crippen molar-refractivity contribution in [2.75, 3.05) is 0 Å². The van der Waals surface area contributed by atoms with Crippen molar-refractivity contribution in [3.63, 3.8) is 0 Å². The maximum absolute atomic E-state index is 3.39. The van der Waals surface area contributed by atoms with Gasteiger partial charge in [0.2, 0.25) is 0 Å². The van der Waals surface area contributed by atoms with E-state index in [4.69, 9.17) is 0 Å². The van der Waals surface area contributed by atoms with Gasteiger partial charge in [-0.25, -0.2) is 0 Å². The monoisotopic (exact) mass is 232 g/mol. The molecule has 0 radical (unpaired) electrons. The van der Waals surface area contributed by atoms with Gasteiger partial charge in [-0.15, -0.1) is 0 Å². The Hall–Kier alpha value is -0.830. The Bertz CT molecular complexity index is 418. The van der Waals surface area contributed by atoms with Crippen LogP contribution in [0.25, 0.3) is 0 Å². The van der Waals surface area contributed by atoms with Crippen LogP contribution < -0.4 is 5.30 Å². The molecule has 1 aromatic rings. The minimum absolute atomic E-state index is 0.222. The molecule has 0 aliphatic heterocycles. The topological polar surface area (TPSA) is 0 Å². The van der Waals surface area contributed by atoms with Crippen molar-refractivity contribution in [3.8, 4) is 0 Å². The van der Waals surface area contributed by atoms with E-state index in [1.807, 2.05) is 0 Å². The van der Waals surface area contributed by atoms with Crippen LogP contribution in [0.3, 0.4) is 0 Å². The maximum atomic E-state index is 3.39. The van der Waals surface area contributed by atoms with Crippen molar-refractivity contribution in [3.05, 3.63) is 34.9 Å². The minimum Gasteiger partial charge on any atom is -0.0924 e. The van der Waals surface area contributed by atoms with E-state index in [0.29, 0.717) is 0 Å². The van der Waals surface area contributed by atoms with Crippen LogP contribution in [0.5, 0.6) is 0 Å². The molecule has 0 aromatic heterocycles. The van der Waals surface area contributed by atoms with Gasteiger partial charge in [0.15, 0.2) is 0 Å². The van der Waals surface area contributed by atoms with Gasteiger partial charge in [0.25, 0.3) is 0 Å². The summed E-state index contributed by atoms with van der Waals surface area (Å²) in [5.41, 5.74) is 7.69. The second-order valence-electron chi connectivity index (χ2n) is 5.50. The highest BCUT2D eigenvalue weighted by Gasteiger charge is 2.03. The molecule has 0 spiro atoms. The van der Waals surface area contributed by atoms with Crippen molar-refractivity contribution >= 4 is 19.0 Å². The zero-order valence-corrected chi connectivity index (χ0v) is 12.1. The van der Waals surface area contributed by atoms with Crippen LogP contribution >= 0.6 is 8.20 Å². The third kappa shape index (κ3) is 3.97. The van der Waals surface area contributed by atoms with Gasteiger partial charge in [0, 0.05) is 5.30 Å². The lowest BCUT2D eigenvalue weighted by molar-refractivity contribution is 0.549. The Labute approximate surface area is 101 Å². The standard InChI is InChI=1S/C15H21P/c1-11-9-12(2)14(13(3)10-11)16-8-7-15(4,5)6/h7,9-10H,1-6H3. The van der Waals surface area contributed by atoms with Crippen molar-refractivity contribution < 1.29 is 0 Å². The third-order valence-electron chi connectivity index (χ3n) is 2.31. The highest BCUT2D eigenvalue weighted by atomic mass is 31.1. The zero-order chi connectivity index (χ0) is 12.3. The summed E-state index contributed by atoms with van der Waals surface area (Å²) >= 11 is 0. The molecule has 0 saturated carbocycles. The maximum Gasteiger partial charge on any atom is 0.0155 e. The average Bonchev–Trinajstić information content (AvgIpc) is 2.07. The molecule has 0 nitrogen and oxygen atoms in total. The first-order chi connectivity index (χ1) is 7.29. The molecule has 1 rings (SSSR count). The summed E-state index contributed by atoms with van der Waals surface area (Å²) in [6, 6.07) is 4.49. The van der Waals surface area contributed by atoms with Gasteiger partial charge in [-0.1, -0.05) is 43.9 Å². The molecule has 86 valence electrons. The van der Waals surface area contributed by atoms with Crippen LogP contribution in [0.15, 0.2) is 18.2 Å². The second-order valence-corrected chi connectivity index (χ2v) is 6.43. The van der Waals surface area contributed by atoms with Gasteiger partial charge in [-0.3, -0.25) is 0 Å². The molecule has 1 heteroatoms. The first-order valence-corrected chi connectivity index (χ1v) is 6.57. The molecule has 1 aromatic carbocycles. The van der Waals surface area contributed by atoms with E-state index in [0.717, 1.165) is 0 Å². The zero-order valence-electron chi connectivity index (χ0n) is 11.2. The molecule has 0 fully saturated rings. The Morgan fingerprint density at radius 2 is 1.56 bits per heavy atom. The summed E-state index contributed by atoms with van der Waals surface area (Å²) in [6.45, 7) is 13.1. The van der Waals surface area contributed by atoms with Gasteiger partial charge in [-0.05, 0) is 51.6 Å². The number of benzene rings is 1. The fraction of sp³-hybridized carbons (Fsp3) is 0.467. The van der Waals surface area contributed by atoms with Crippen LogP contribution in [0, 0.1) is 26.2 Å². The minimum atomic E-state index is 0.222. The first-order valence-electron chi connectivity index (χ1n) is 5.68. The fourth-order valence-corrected chi connectivity index (χ4v) is 2.70. The largest absolute Gasteiger partial charge is 0.0924 e. The molecule has 0 saturated heterocycles. The normalized spacial score (nSPS) is 11.4. The summed E-state index contributed by atoms with van der Waals surface area (Å²) in [5.74, 6) is 0. The van der Waals surface area contributed by atoms with Gasteiger partial charge >= 0.3 is 0 Å². The second kappa shape index (κ2) is 5.00. The fourth-order valence-electron chi connectivity index (χ4n) is 1.64. The van der Waals surface area contributed by atoms with Crippen LogP contribution in [0.1, 0.15) is 37.5 Å². The highest BCUT2D eigenvalue weighted by molar-refractivity contribution is 7.46. The van der Waals surface area contributed by atoms with Crippen molar-refractivity contribution in [1.29, 1.82) is 0 Å². The van der Waals surface area contributed by atoms with Crippen LogP contribution in [-0.2, 0) is 0 Å². The van der Waals surface area contributed by atoms with E-state index in [1.54, 1.807) is 0 Å². The lowest BCUT2D eigenvalue weighted by atomic mass is 9.98. The van der Waals surface area contributed by atoms with Crippen molar-refractivity contribution in [2.24, 2.45) is 5.41 Å². The molecule has 0 bridgehead atoms. The van der Waals surface area contributed by atoms with Gasteiger partial charge in [0.05, 0.1) is 0 Å². The molecular weight excluding hydrogens is 211 g/mol. The smallest absolute Gasteiger partial charge is 0.0155 e. The summed E-state index contributed by atoms with van der Waals surface area (Å²) in [6.07, 6.45) is 2.16.